The molecular formula is C12H20ClN5. The Morgan fingerprint density at radius 1 is 1.17 bits per heavy atom. The Morgan fingerprint density at radius 3 is 2.39 bits per heavy atom. The summed E-state index contributed by atoms with van der Waals surface area (Å²) in [4.78, 5) is 0. The lowest BCUT2D eigenvalue weighted by Gasteiger charge is -2.10. The van der Waals surface area contributed by atoms with Crippen molar-refractivity contribution in [2.45, 2.75) is 33.9 Å². The van der Waals surface area contributed by atoms with Crippen molar-refractivity contribution < 1.29 is 0 Å². The molecule has 0 amide bonds. The van der Waals surface area contributed by atoms with Crippen LogP contribution in [0.15, 0.2) is 12.4 Å². The van der Waals surface area contributed by atoms with E-state index in [4.69, 9.17) is 0 Å². The fourth-order valence-electron chi connectivity index (χ4n) is 1.98. The van der Waals surface area contributed by atoms with Crippen molar-refractivity contribution in [3.05, 3.63) is 29.2 Å². The topological polar surface area (TPSA) is 47.7 Å². The molecule has 18 heavy (non-hydrogen) atoms. The van der Waals surface area contributed by atoms with Gasteiger partial charge in [0.2, 0.25) is 0 Å². The van der Waals surface area contributed by atoms with Gasteiger partial charge in [0.1, 0.15) is 5.82 Å². The summed E-state index contributed by atoms with van der Waals surface area (Å²) in [7, 11) is 1.94. The minimum atomic E-state index is 0. The fraction of sp³-hybridized carbons (Fsp3) is 0.500. The Morgan fingerprint density at radius 2 is 1.83 bits per heavy atom. The number of nitrogens with zero attached hydrogens (tertiary/aromatic N) is 4. The molecule has 0 aliphatic carbocycles. The number of halogens is 1. The van der Waals surface area contributed by atoms with Gasteiger partial charge in [0.05, 0.1) is 24.6 Å². The maximum Gasteiger partial charge on any atom is 0.127 e. The van der Waals surface area contributed by atoms with Gasteiger partial charge in [-0.15, -0.1) is 12.4 Å². The number of anilines is 1. The SMILES string of the molecule is CCn1ncc(C)c1CNc1c(C)cnn1C.Cl. The molecule has 0 fully saturated rings. The predicted molar refractivity (Wildman–Crippen MR) is 75.2 cm³/mol. The summed E-state index contributed by atoms with van der Waals surface area (Å²) in [6.45, 7) is 7.92. The largest absolute Gasteiger partial charge is 0.364 e. The third-order valence-electron chi connectivity index (χ3n) is 3.00. The van der Waals surface area contributed by atoms with Crippen LogP contribution in [-0.4, -0.2) is 19.6 Å². The number of hydrogen-bond acceptors (Lipinski definition) is 3. The maximum atomic E-state index is 4.33. The van der Waals surface area contributed by atoms with Gasteiger partial charge in [-0.2, -0.15) is 10.2 Å². The molecule has 0 saturated carbocycles. The number of rotatable bonds is 4. The maximum absolute atomic E-state index is 4.33. The van der Waals surface area contributed by atoms with E-state index in [1.807, 2.05) is 28.8 Å². The van der Waals surface area contributed by atoms with Crippen molar-refractivity contribution in [1.29, 1.82) is 0 Å². The van der Waals surface area contributed by atoms with Gasteiger partial charge in [0.25, 0.3) is 0 Å². The van der Waals surface area contributed by atoms with Crippen molar-refractivity contribution in [2.75, 3.05) is 5.32 Å². The summed E-state index contributed by atoms with van der Waals surface area (Å²) < 4.78 is 3.88. The number of nitrogens with one attached hydrogen (secondary N) is 1. The lowest BCUT2D eigenvalue weighted by Crippen LogP contribution is -2.11. The van der Waals surface area contributed by atoms with Crippen molar-refractivity contribution in [3.63, 3.8) is 0 Å². The Labute approximate surface area is 114 Å². The lowest BCUT2D eigenvalue weighted by atomic mass is 10.2. The van der Waals surface area contributed by atoms with Crippen LogP contribution < -0.4 is 5.32 Å². The molecule has 0 unspecified atom stereocenters. The molecule has 2 heterocycles. The number of hydrogen-bond donors (Lipinski definition) is 1. The van der Waals surface area contributed by atoms with Crippen LogP contribution in [0.4, 0.5) is 5.82 Å². The summed E-state index contributed by atoms with van der Waals surface area (Å²) in [6, 6.07) is 0. The molecule has 0 aromatic carbocycles. The number of aromatic nitrogens is 4. The van der Waals surface area contributed by atoms with Gasteiger partial charge >= 0.3 is 0 Å². The van der Waals surface area contributed by atoms with Gasteiger partial charge in [-0.05, 0) is 26.3 Å². The van der Waals surface area contributed by atoms with E-state index in [1.54, 1.807) is 0 Å². The van der Waals surface area contributed by atoms with E-state index >= 15 is 0 Å². The van der Waals surface area contributed by atoms with E-state index in [1.165, 1.54) is 11.3 Å². The summed E-state index contributed by atoms with van der Waals surface area (Å²) in [6.07, 6.45) is 3.78. The Hall–Kier alpha value is -1.49. The summed E-state index contributed by atoms with van der Waals surface area (Å²) in [5.41, 5.74) is 3.61. The van der Waals surface area contributed by atoms with Crippen LogP contribution in [0, 0.1) is 13.8 Å². The molecule has 0 saturated heterocycles. The highest BCUT2D eigenvalue weighted by Gasteiger charge is 2.08. The fourth-order valence-corrected chi connectivity index (χ4v) is 1.98. The van der Waals surface area contributed by atoms with Crippen molar-refractivity contribution in [3.8, 4) is 0 Å². The smallest absolute Gasteiger partial charge is 0.127 e. The van der Waals surface area contributed by atoms with Crippen molar-refractivity contribution in [1.82, 2.24) is 19.6 Å². The zero-order valence-corrected chi connectivity index (χ0v) is 12.1. The highest BCUT2D eigenvalue weighted by molar-refractivity contribution is 5.85. The van der Waals surface area contributed by atoms with Crippen LogP contribution in [-0.2, 0) is 20.1 Å². The molecule has 1 N–H and O–H groups in total. The first-order valence-corrected chi connectivity index (χ1v) is 5.87. The molecule has 2 aromatic rings. The minimum absolute atomic E-state index is 0. The van der Waals surface area contributed by atoms with Gasteiger partial charge in [-0.1, -0.05) is 0 Å². The molecule has 2 rings (SSSR count). The Bertz CT molecular complexity index is 495. The molecule has 0 spiro atoms. The second-order valence-corrected chi connectivity index (χ2v) is 4.24. The van der Waals surface area contributed by atoms with E-state index in [9.17, 15) is 0 Å². The van der Waals surface area contributed by atoms with Crippen LogP contribution in [0.2, 0.25) is 0 Å². The van der Waals surface area contributed by atoms with E-state index in [2.05, 4.69) is 36.3 Å². The zero-order chi connectivity index (χ0) is 12.4. The average Bonchev–Trinajstić information content (AvgIpc) is 2.82. The Balaban J connectivity index is 0.00000162. The highest BCUT2D eigenvalue weighted by Crippen LogP contribution is 2.15. The molecule has 0 aliphatic heterocycles. The monoisotopic (exact) mass is 269 g/mol. The number of aryl methyl sites for hydroxylation is 4. The van der Waals surface area contributed by atoms with Gasteiger partial charge < -0.3 is 5.32 Å². The second kappa shape index (κ2) is 5.91. The Kier molecular flexibility index (Phi) is 4.78. The third kappa shape index (κ3) is 2.67. The first kappa shape index (κ1) is 14.6. The highest BCUT2D eigenvalue weighted by atomic mass is 35.5. The van der Waals surface area contributed by atoms with E-state index in [0.29, 0.717) is 0 Å². The summed E-state index contributed by atoms with van der Waals surface area (Å²) in [5.74, 6) is 1.06. The van der Waals surface area contributed by atoms with E-state index in [-0.39, 0.29) is 12.4 Å². The normalized spacial score (nSPS) is 10.2. The minimum Gasteiger partial charge on any atom is -0.364 e. The predicted octanol–water partition coefficient (Wildman–Crippen LogP) is 2.29. The molecule has 0 atom stereocenters. The summed E-state index contributed by atoms with van der Waals surface area (Å²) in [5, 5.41) is 12.0. The van der Waals surface area contributed by atoms with E-state index < -0.39 is 0 Å². The molecule has 0 radical (unpaired) electrons. The molecule has 2 aromatic heterocycles. The first-order chi connectivity index (χ1) is 8.13. The average molecular weight is 270 g/mol. The molecule has 0 bridgehead atoms. The van der Waals surface area contributed by atoms with Crippen LogP contribution >= 0.6 is 12.4 Å². The van der Waals surface area contributed by atoms with Gasteiger partial charge in [-0.25, -0.2) is 0 Å². The molecule has 6 heteroatoms. The van der Waals surface area contributed by atoms with Gasteiger partial charge in [-0.3, -0.25) is 9.36 Å². The lowest BCUT2D eigenvalue weighted by molar-refractivity contribution is 0.625. The quantitative estimate of drug-likeness (QED) is 0.926. The van der Waals surface area contributed by atoms with Crippen LogP contribution in [0.5, 0.6) is 0 Å². The van der Waals surface area contributed by atoms with Crippen LogP contribution in [0.25, 0.3) is 0 Å². The zero-order valence-electron chi connectivity index (χ0n) is 11.3. The van der Waals surface area contributed by atoms with Crippen molar-refractivity contribution >= 4 is 18.2 Å². The van der Waals surface area contributed by atoms with Gasteiger partial charge in [0, 0.05) is 19.2 Å². The molecular weight excluding hydrogens is 250 g/mol. The van der Waals surface area contributed by atoms with Crippen LogP contribution in [0.3, 0.4) is 0 Å². The third-order valence-corrected chi connectivity index (χ3v) is 3.00. The van der Waals surface area contributed by atoms with Crippen molar-refractivity contribution in [2.24, 2.45) is 7.05 Å². The molecule has 5 nitrogen and oxygen atoms in total. The van der Waals surface area contributed by atoms with Crippen LogP contribution in [0.1, 0.15) is 23.7 Å². The second-order valence-electron chi connectivity index (χ2n) is 4.24. The van der Waals surface area contributed by atoms with Gasteiger partial charge in [0.15, 0.2) is 0 Å². The first-order valence-electron chi connectivity index (χ1n) is 5.87. The molecule has 0 aliphatic rings. The summed E-state index contributed by atoms with van der Waals surface area (Å²) >= 11 is 0. The molecule has 100 valence electrons. The standard InChI is InChI=1S/C12H19N5.ClH/c1-5-17-11(9(2)6-15-17)8-13-12-10(3)7-14-16(12)4;/h6-7,13H,5,8H2,1-4H3;1H. The van der Waals surface area contributed by atoms with E-state index in [0.717, 1.165) is 24.5 Å².